The summed E-state index contributed by atoms with van der Waals surface area (Å²) in [4.78, 5) is 34.5. The van der Waals surface area contributed by atoms with E-state index in [1.165, 1.54) is 20.8 Å². The van der Waals surface area contributed by atoms with Gasteiger partial charge in [0, 0.05) is 18.9 Å². The third-order valence-corrected chi connectivity index (χ3v) is 3.68. The predicted molar refractivity (Wildman–Crippen MR) is 85.5 cm³/mol. The first-order valence-electron chi connectivity index (χ1n) is 8.39. The first-order valence-corrected chi connectivity index (χ1v) is 8.39. The Kier molecular flexibility index (Phi) is 7.39. The van der Waals surface area contributed by atoms with Crippen LogP contribution in [0.1, 0.15) is 34.1 Å². The first kappa shape index (κ1) is 24.8. The summed E-state index contributed by atoms with van der Waals surface area (Å²) >= 11 is 0. The SMILES string of the molecule is C=C(C)C(=O)OCC1OC(OC(=O)CC(C)C)(C(F)(F)F)C(F)(F)C1OC(C)=O. The van der Waals surface area contributed by atoms with E-state index in [0.29, 0.717) is 6.92 Å². The van der Waals surface area contributed by atoms with Crippen LogP contribution in [-0.4, -0.2) is 54.6 Å². The monoisotopic (exact) mass is 432 g/mol. The van der Waals surface area contributed by atoms with Crippen LogP contribution in [0, 0.1) is 5.92 Å². The number of alkyl halides is 5. The number of esters is 3. The van der Waals surface area contributed by atoms with E-state index in [-0.39, 0.29) is 5.57 Å². The van der Waals surface area contributed by atoms with Crippen molar-refractivity contribution in [1.82, 2.24) is 0 Å². The fraction of sp³-hybridized carbons (Fsp3) is 0.706. The molecule has 1 heterocycles. The van der Waals surface area contributed by atoms with Gasteiger partial charge in [-0.2, -0.15) is 22.0 Å². The Hall–Kier alpha value is -2.24. The van der Waals surface area contributed by atoms with Crippen molar-refractivity contribution in [3.8, 4) is 0 Å². The molecule has 0 bridgehead atoms. The van der Waals surface area contributed by atoms with E-state index >= 15 is 0 Å². The van der Waals surface area contributed by atoms with E-state index in [1.807, 2.05) is 0 Å². The molecule has 166 valence electrons. The topological polar surface area (TPSA) is 88.1 Å². The molecule has 7 nitrogen and oxygen atoms in total. The molecular formula is C17H21F5O7. The van der Waals surface area contributed by atoms with Crippen LogP contribution < -0.4 is 0 Å². The summed E-state index contributed by atoms with van der Waals surface area (Å²) in [7, 11) is 0. The molecule has 1 rings (SSSR count). The molecule has 1 aliphatic rings. The zero-order valence-electron chi connectivity index (χ0n) is 16.1. The predicted octanol–water partition coefficient (Wildman–Crippen LogP) is 2.92. The Bertz CT molecular complexity index is 674. The van der Waals surface area contributed by atoms with Crippen molar-refractivity contribution in [2.24, 2.45) is 5.92 Å². The summed E-state index contributed by atoms with van der Waals surface area (Å²) in [5.74, 6) is -14.3. The molecule has 0 amide bonds. The molecule has 1 fully saturated rings. The lowest BCUT2D eigenvalue weighted by molar-refractivity contribution is -0.409. The zero-order valence-corrected chi connectivity index (χ0v) is 16.1. The minimum atomic E-state index is -5.91. The van der Waals surface area contributed by atoms with Crippen molar-refractivity contribution >= 4 is 17.9 Å². The molecule has 0 N–H and O–H groups in total. The maximum atomic E-state index is 14.9. The van der Waals surface area contributed by atoms with Crippen LogP contribution in [0.3, 0.4) is 0 Å². The van der Waals surface area contributed by atoms with Gasteiger partial charge in [-0.05, 0) is 12.8 Å². The van der Waals surface area contributed by atoms with Gasteiger partial charge in [-0.25, -0.2) is 4.79 Å². The van der Waals surface area contributed by atoms with Gasteiger partial charge in [0.25, 0.3) is 0 Å². The van der Waals surface area contributed by atoms with E-state index in [9.17, 15) is 36.3 Å². The minimum Gasteiger partial charge on any atom is -0.459 e. The quantitative estimate of drug-likeness (QED) is 0.265. The van der Waals surface area contributed by atoms with E-state index in [4.69, 9.17) is 0 Å². The molecule has 0 spiro atoms. The van der Waals surface area contributed by atoms with Crippen molar-refractivity contribution in [2.75, 3.05) is 6.61 Å². The highest BCUT2D eigenvalue weighted by Gasteiger charge is 2.84. The molecule has 1 saturated heterocycles. The van der Waals surface area contributed by atoms with Crippen LogP contribution in [0.5, 0.6) is 0 Å². The average molecular weight is 432 g/mol. The fourth-order valence-corrected chi connectivity index (χ4v) is 2.45. The molecule has 0 radical (unpaired) electrons. The van der Waals surface area contributed by atoms with Gasteiger partial charge in [-0.3, -0.25) is 9.59 Å². The van der Waals surface area contributed by atoms with Gasteiger partial charge in [-0.15, -0.1) is 0 Å². The van der Waals surface area contributed by atoms with Crippen molar-refractivity contribution in [2.45, 2.75) is 64.2 Å². The van der Waals surface area contributed by atoms with E-state index in [2.05, 4.69) is 25.5 Å². The normalized spacial score (nSPS) is 26.1. The third-order valence-electron chi connectivity index (χ3n) is 3.68. The molecule has 1 aliphatic heterocycles. The second-order valence-corrected chi connectivity index (χ2v) is 6.87. The van der Waals surface area contributed by atoms with Crippen molar-refractivity contribution in [1.29, 1.82) is 0 Å². The smallest absolute Gasteiger partial charge is 0.459 e. The molecule has 12 heteroatoms. The molecule has 3 unspecified atom stereocenters. The highest BCUT2D eigenvalue weighted by molar-refractivity contribution is 5.86. The molecule has 0 aromatic rings. The summed E-state index contributed by atoms with van der Waals surface area (Å²) in [5, 5.41) is 0. The molecule has 29 heavy (non-hydrogen) atoms. The van der Waals surface area contributed by atoms with Crippen LogP contribution in [-0.2, 0) is 33.3 Å². The Morgan fingerprint density at radius 3 is 2.14 bits per heavy atom. The average Bonchev–Trinajstić information content (AvgIpc) is 2.72. The molecule has 0 saturated carbocycles. The van der Waals surface area contributed by atoms with Crippen molar-refractivity contribution < 1.29 is 55.3 Å². The van der Waals surface area contributed by atoms with Gasteiger partial charge in [0.2, 0.25) is 6.10 Å². The summed E-state index contributed by atoms with van der Waals surface area (Å²) in [6.45, 7) is 6.90. The molecule has 0 aromatic heterocycles. The van der Waals surface area contributed by atoms with Crippen LogP contribution >= 0.6 is 0 Å². The number of hydrogen-bond donors (Lipinski definition) is 0. The lowest BCUT2D eigenvalue weighted by Gasteiger charge is -2.35. The number of rotatable bonds is 7. The highest BCUT2D eigenvalue weighted by atomic mass is 19.4. The number of hydrogen-bond acceptors (Lipinski definition) is 7. The van der Waals surface area contributed by atoms with Crippen molar-refractivity contribution in [3.63, 3.8) is 0 Å². The Morgan fingerprint density at radius 1 is 1.17 bits per heavy atom. The number of carbonyl (C=O) groups excluding carboxylic acids is 3. The summed E-state index contributed by atoms with van der Waals surface area (Å²) < 4.78 is 88.2. The largest absolute Gasteiger partial charge is 0.462 e. The van der Waals surface area contributed by atoms with E-state index in [0.717, 1.165) is 0 Å². The zero-order chi connectivity index (χ0) is 22.8. The Balaban J connectivity index is 3.36. The second-order valence-electron chi connectivity index (χ2n) is 6.87. The van der Waals surface area contributed by atoms with Gasteiger partial charge in [0.05, 0.1) is 0 Å². The van der Waals surface area contributed by atoms with Crippen LogP contribution in [0.4, 0.5) is 22.0 Å². The van der Waals surface area contributed by atoms with E-state index < -0.39 is 66.9 Å². The lowest BCUT2D eigenvalue weighted by Crippen LogP contribution is -2.62. The van der Waals surface area contributed by atoms with Crippen LogP contribution in [0.25, 0.3) is 0 Å². The van der Waals surface area contributed by atoms with Gasteiger partial charge < -0.3 is 18.9 Å². The highest BCUT2D eigenvalue weighted by Crippen LogP contribution is 2.54. The Morgan fingerprint density at radius 2 is 1.72 bits per heavy atom. The molecular weight excluding hydrogens is 411 g/mol. The maximum absolute atomic E-state index is 14.9. The van der Waals surface area contributed by atoms with Crippen molar-refractivity contribution in [3.05, 3.63) is 12.2 Å². The molecule has 0 aliphatic carbocycles. The fourth-order valence-electron chi connectivity index (χ4n) is 2.45. The van der Waals surface area contributed by atoms with Crippen LogP contribution in [0.2, 0.25) is 0 Å². The number of carbonyl (C=O) groups is 3. The standard InChI is InChI=1S/C17H21F5O7/c1-8(2)6-12(24)29-16(17(20,21)22)15(18,19)13(27-10(5)23)11(28-16)7-26-14(25)9(3)4/h8,11,13H,3,6-7H2,1-2,4-5H3. The molecule has 3 atom stereocenters. The summed E-state index contributed by atoms with van der Waals surface area (Å²) in [6.07, 6.45) is -11.6. The first-order chi connectivity index (χ1) is 13.0. The summed E-state index contributed by atoms with van der Waals surface area (Å²) in [6, 6.07) is 0. The molecule has 0 aromatic carbocycles. The van der Waals surface area contributed by atoms with Gasteiger partial charge >= 0.3 is 35.8 Å². The lowest BCUT2D eigenvalue weighted by atomic mass is 10.0. The van der Waals surface area contributed by atoms with Gasteiger partial charge in [0.15, 0.2) is 0 Å². The Labute approximate surface area is 163 Å². The number of ether oxygens (including phenoxy) is 4. The maximum Gasteiger partial charge on any atom is 0.462 e. The minimum absolute atomic E-state index is 0.163. The van der Waals surface area contributed by atoms with E-state index in [1.54, 1.807) is 0 Å². The van der Waals surface area contributed by atoms with Gasteiger partial charge in [0.1, 0.15) is 12.7 Å². The third kappa shape index (κ3) is 5.22. The van der Waals surface area contributed by atoms with Gasteiger partial charge in [-0.1, -0.05) is 20.4 Å². The van der Waals surface area contributed by atoms with Crippen LogP contribution in [0.15, 0.2) is 12.2 Å². The number of halogens is 5. The summed E-state index contributed by atoms with van der Waals surface area (Å²) in [5.41, 5.74) is -0.163. The second kappa shape index (κ2) is 8.64.